The summed E-state index contributed by atoms with van der Waals surface area (Å²) in [6.07, 6.45) is 1.27. The van der Waals surface area contributed by atoms with Crippen molar-refractivity contribution in [2.45, 2.75) is 44.5 Å². The Hall–Kier alpha value is -0.910. The van der Waals surface area contributed by atoms with Crippen molar-refractivity contribution < 1.29 is 14.3 Å². The first-order valence-electron chi connectivity index (χ1n) is 7.18. The molecule has 2 rings (SSSR count). The number of hydrogen-bond acceptors (Lipinski definition) is 4. The zero-order valence-corrected chi connectivity index (χ0v) is 13.4. The van der Waals surface area contributed by atoms with Crippen LogP contribution in [0.5, 0.6) is 0 Å². The van der Waals surface area contributed by atoms with E-state index in [2.05, 4.69) is 12.6 Å². The molecular weight excluding hydrogens is 276 g/mol. The highest BCUT2D eigenvalue weighted by Gasteiger charge is 2.34. The Morgan fingerprint density at radius 2 is 2.00 bits per heavy atom. The van der Waals surface area contributed by atoms with Gasteiger partial charge in [0.15, 0.2) is 0 Å². The number of amides is 2. The number of thiol groups is 1. The molecule has 2 heterocycles. The number of hydrogen-bond donors (Lipinski definition) is 1. The Balaban J connectivity index is 1.65. The zero-order valence-electron chi connectivity index (χ0n) is 12.5. The molecule has 6 heteroatoms. The molecule has 0 spiro atoms. The molecule has 20 heavy (non-hydrogen) atoms. The van der Waals surface area contributed by atoms with Gasteiger partial charge in [-0.2, -0.15) is 12.6 Å². The number of ether oxygens (including phenoxy) is 1. The maximum Gasteiger partial charge on any atom is 0.410 e. The molecule has 5 nitrogen and oxygen atoms in total. The highest BCUT2D eigenvalue weighted by atomic mass is 32.1. The van der Waals surface area contributed by atoms with Gasteiger partial charge in [-0.1, -0.05) is 0 Å². The van der Waals surface area contributed by atoms with Gasteiger partial charge in [-0.3, -0.25) is 4.79 Å². The summed E-state index contributed by atoms with van der Waals surface area (Å²) in [6, 6.07) is 0. The topological polar surface area (TPSA) is 49.9 Å². The molecule has 0 aliphatic carbocycles. The maximum atomic E-state index is 11.8. The van der Waals surface area contributed by atoms with Crippen LogP contribution < -0.4 is 0 Å². The van der Waals surface area contributed by atoms with Gasteiger partial charge in [0.25, 0.3) is 0 Å². The van der Waals surface area contributed by atoms with Crippen molar-refractivity contribution in [3.63, 3.8) is 0 Å². The van der Waals surface area contributed by atoms with E-state index in [1.165, 1.54) is 0 Å². The fraction of sp³-hybridized carbons (Fsp3) is 0.857. The molecule has 0 aromatic rings. The lowest BCUT2D eigenvalue weighted by Crippen LogP contribution is -2.52. The lowest BCUT2D eigenvalue weighted by atomic mass is 9.97. The number of carbonyl (C=O) groups excluding carboxylic acids is 2. The Bertz CT molecular complexity index is 388. The predicted octanol–water partition coefficient (Wildman–Crippen LogP) is 1.77. The van der Waals surface area contributed by atoms with Crippen molar-refractivity contribution in [2.24, 2.45) is 5.92 Å². The van der Waals surface area contributed by atoms with Crippen molar-refractivity contribution in [3.05, 3.63) is 0 Å². The predicted molar refractivity (Wildman–Crippen MR) is 79.9 cm³/mol. The minimum Gasteiger partial charge on any atom is -0.444 e. The third-order valence-electron chi connectivity index (χ3n) is 3.61. The van der Waals surface area contributed by atoms with Crippen molar-refractivity contribution in [1.29, 1.82) is 0 Å². The van der Waals surface area contributed by atoms with E-state index in [0.717, 1.165) is 32.6 Å². The second kappa shape index (κ2) is 5.84. The average Bonchev–Trinajstić information content (AvgIpc) is 2.52. The SMILES string of the molecule is CC(C)(C)OC(=O)N1CC(CCN2CC(S)CC2=O)C1. The number of carbonyl (C=O) groups is 2. The van der Waals surface area contributed by atoms with E-state index in [9.17, 15) is 9.59 Å². The standard InChI is InChI=1S/C14H24N2O3S/c1-14(2,3)19-13(18)16-7-10(8-16)4-5-15-9-11(20)6-12(15)17/h10-11,20H,4-9H2,1-3H3. The molecule has 1 atom stereocenters. The van der Waals surface area contributed by atoms with Crippen molar-refractivity contribution in [1.82, 2.24) is 9.80 Å². The Labute approximate surface area is 126 Å². The molecule has 2 aliphatic heterocycles. The molecular formula is C14H24N2O3S. The van der Waals surface area contributed by atoms with E-state index in [-0.39, 0.29) is 17.3 Å². The van der Waals surface area contributed by atoms with Crippen molar-refractivity contribution in [3.8, 4) is 0 Å². The number of rotatable bonds is 3. The van der Waals surface area contributed by atoms with Crippen LogP contribution >= 0.6 is 12.6 Å². The van der Waals surface area contributed by atoms with Gasteiger partial charge in [-0.15, -0.1) is 0 Å². The molecule has 0 N–H and O–H groups in total. The van der Waals surface area contributed by atoms with Gasteiger partial charge in [0, 0.05) is 37.8 Å². The first kappa shape index (κ1) is 15.5. The summed E-state index contributed by atoms with van der Waals surface area (Å²) in [6.45, 7) is 8.62. The summed E-state index contributed by atoms with van der Waals surface area (Å²) in [5.41, 5.74) is -0.439. The Morgan fingerprint density at radius 1 is 1.35 bits per heavy atom. The summed E-state index contributed by atoms with van der Waals surface area (Å²) in [5.74, 6) is 0.683. The smallest absolute Gasteiger partial charge is 0.410 e. The van der Waals surface area contributed by atoms with Crippen LogP contribution in [0, 0.1) is 5.92 Å². The second-order valence-corrected chi connectivity index (χ2v) is 7.47. The van der Waals surface area contributed by atoms with Crippen LogP contribution in [-0.4, -0.2) is 58.8 Å². The quantitative estimate of drug-likeness (QED) is 0.808. The van der Waals surface area contributed by atoms with E-state index in [4.69, 9.17) is 4.74 Å². The van der Waals surface area contributed by atoms with Crippen LogP contribution in [0.25, 0.3) is 0 Å². The van der Waals surface area contributed by atoms with Gasteiger partial charge in [0.05, 0.1) is 0 Å². The number of nitrogens with zero attached hydrogens (tertiary/aromatic N) is 2. The van der Waals surface area contributed by atoms with E-state index in [1.54, 1.807) is 4.90 Å². The Kier molecular flexibility index (Phi) is 4.52. The second-order valence-electron chi connectivity index (χ2n) is 6.74. The monoisotopic (exact) mass is 300 g/mol. The van der Waals surface area contributed by atoms with Gasteiger partial charge in [-0.05, 0) is 33.1 Å². The molecule has 0 aromatic heterocycles. The molecule has 0 bridgehead atoms. The third-order valence-corrected chi connectivity index (χ3v) is 3.96. The van der Waals surface area contributed by atoms with E-state index in [1.807, 2.05) is 25.7 Å². The summed E-state index contributed by atoms with van der Waals surface area (Å²) >= 11 is 4.34. The van der Waals surface area contributed by atoms with Crippen molar-refractivity contribution >= 4 is 24.6 Å². The van der Waals surface area contributed by atoms with Crippen LogP contribution in [0.2, 0.25) is 0 Å². The van der Waals surface area contributed by atoms with Gasteiger partial charge in [0.1, 0.15) is 5.60 Å². The maximum absolute atomic E-state index is 11.8. The number of likely N-dealkylation sites (tertiary alicyclic amines) is 2. The zero-order chi connectivity index (χ0) is 14.9. The van der Waals surface area contributed by atoms with Gasteiger partial charge >= 0.3 is 6.09 Å². The van der Waals surface area contributed by atoms with E-state index in [0.29, 0.717) is 12.3 Å². The minimum absolute atomic E-state index is 0.183. The fourth-order valence-electron chi connectivity index (χ4n) is 2.53. The molecule has 114 valence electrons. The van der Waals surface area contributed by atoms with Crippen LogP contribution in [0.1, 0.15) is 33.6 Å². The third kappa shape index (κ3) is 4.04. The lowest BCUT2D eigenvalue weighted by Gasteiger charge is -2.40. The molecule has 2 amide bonds. The van der Waals surface area contributed by atoms with Crippen LogP contribution in [-0.2, 0) is 9.53 Å². The van der Waals surface area contributed by atoms with Gasteiger partial charge in [0.2, 0.25) is 5.91 Å². The lowest BCUT2D eigenvalue weighted by molar-refractivity contribution is -0.128. The molecule has 0 aromatic carbocycles. The summed E-state index contributed by atoms with van der Waals surface area (Å²) < 4.78 is 5.31. The molecule has 0 saturated carbocycles. The van der Waals surface area contributed by atoms with Gasteiger partial charge in [-0.25, -0.2) is 4.79 Å². The molecule has 0 radical (unpaired) electrons. The normalized spacial score (nSPS) is 24.0. The fourth-order valence-corrected chi connectivity index (χ4v) is 2.89. The molecule has 2 fully saturated rings. The van der Waals surface area contributed by atoms with Crippen molar-refractivity contribution in [2.75, 3.05) is 26.2 Å². The van der Waals surface area contributed by atoms with Crippen LogP contribution in [0.3, 0.4) is 0 Å². The van der Waals surface area contributed by atoms with Crippen LogP contribution in [0.15, 0.2) is 0 Å². The highest BCUT2D eigenvalue weighted by Crippen LogP contribution is 2.24. The van der Waals surface area contributed by atoms with Gasteiger partial charge < -0.3 is 14.5 Å². The first-order valence-corrected chi connectivity index (χ1v) is 7.70. The van der Waals surface area contributed by atoms with E-state index < -0.39 is 5.60 Å². The minimum atomic E-state index is -0.439. The molecule has 1 unspecified atom stereocenters. The molecule has 2 saturated heterocycles. The summed E-state index contributed by atoms with van der Waals surface area (Å²) in [7, 11) is 0. The average molecular weight is 300 g/mol. The van der Waals surface area contributed by atoms with Crippen LogP contribution in [0.4, 0.5) is 4.79 Å². The largest absolute Gasteiger partial charge is 0.444 e. The summed E-state index contributed by atoms with van der Waals surface area (Å²) in [5, 5.41) is 0.183. The summed E-state index contributed by atoms with van der Waals surface area (Å²) in [4.78, 5) is 27.0. The van der Waals surface area contributed by atoms with E-state index >= 15 is 0 Å². The molecule has 2 aliphatic rings. The Morgan fingerprint density at radius 3 is 2.50 bits per heavy atom. The first-order chi connectivity index (χ1) is 9.24. The highest BCUT2D eigenvalue weighted by molar-refractivity contribution is 7.81.